The highest BCUT2D eigenvalue weighted by Gasteiger charge is 2.43. The van der Waals surface area contributed by atoms with E-state index in [1.54, 1.807) is 12.1 Å². The average molecular weight is 321 g/mol. The van der Waals surface area contributed by atoms with E-state index in [1.807, 2.05) is 12.1 Å². The maximum Gasteiger partial charge on any atom is 0.123 e. The fraction of sp³-hybridized carbons (Fsp3) is 0.700. The van der Waals surface area contributed by atoms with E-state index in [0.717, 1.165) is 32.4 Å². The first kappa shape index (κ1) is 18.4. The van der Waals surface area contributed by atoms with Crippen LogP contribution in [0.4, 0.5) is 4.39 Å². The predicted molar refractivity (Wildman–Crippen MR) is 94.1 cm³/mol. The fourth-order valence-corrected chi connectivity index (χ4v) is 4.38. The summed E-state index contributed by atoms with van der Waals surface area (Å²) in [5.74, 6) is 0.479. The molecular formula is C20H32FNO. The standard InChI is InChI=1S/C20H32FNO/c1-16-12-19(2,3)15-20(13-16,23-11-10-22(4)5)14-17-6-8-18(21)9-7-17/h6-9,16H,10-15H2,1-5H3. The molecule has 2 atom stereocenters. The number of benzene rings is 1. The lowest BCUT2D eigenvalue weighted by Gasteiger charge is -2.48. The topological polar surface area (TPSA) is 12.5 Å². The summed E-state index contributed by atoms with van der Waals surface area (Å²) in [5, 5.41) is 0. The van der Waals surface area contributed by atoms with E-state index in [0.29, 0.717) is 5.92 Å². The monoisotopic (exact) mass is 321 g/mol. The van der Waals surface area contributed by atoms with Gasteiger partial charge in [-0.3, -0.25) is 0 Å². The molecule has 0 spiro atoms. The molecule has 0 aliphatic heterocycles. The van der Waals surface area contributed by atoms with Gasteiger partial charge in [-0.2, -0.15) is 0 Å². The molecule has 1 aliphatic carbocycles. The van der Waals surface area contributed by atoms with Crippen LogP contribution in [0.15, 0.2) is 24.3 Å². The maximum atomic E-state index is 13.2. The van der Waals surface area contributed by atoms with Gasteiger partial charge in [-0.25, -0.2) is 4.39 Å². The van der Waals surface area contributed by atoms with Crippen molar-refractivity contribution in [2.24, 2.45) is 11.3 Å². The highest BCUT2D eigenvalue weighted by Crippen LogP contribution is 2.47. The van der Waals surface area contributed by atoms with Gasteiger partial charge in [-0.05, 0) is 62.4 Å². The summed E-state index contributed by atoms with van der Waals surface area (Å²) in [7, 11) is 4.15. The molecule has 1 saturated carbocycles. The van der Waals surface area contributed by atoms with Crippen molar-refractivity contribution < 1.29 is 9.13 Å². The van der Waals surface area contributed by atoms with E-state index in [4.69, 9.17) is 4.74 Å². The molecule has 2 nitrogen and oxygen atoms in total. The van der Waals surface area contributed by atoms with Gasteiger partial charge in [0.05, 0.1) is 12.2 Å². The lowest BCUT2D eigenvalue weighted by molar-refractivity contribution is -0.113. The molecule has 1 aliphatic rings. The zero-order valence-electron chi connectivity index (χ0n) is 15.4. The fourth-order valence-electron chi connectivity index (χ4n) is 4.38. The Bertz CT molecular complexity index is 497. The molecule has 0 radical (unpaired) electrons. The van der Waals surface area contributed by atoms with Crippen LogP contribution in [0.3, 0.4) is 0 Å². The zero-order valence-corrected chi connectivity index (χ0v) is 15.4. The Hall–Kier alpha value is -0.930. The third-order valence-electron chi connectivity index (χ3n) is 4.81. The molecule has 2 rings (SSSR count). The first-order chi connectivity index (χ1) is 10.7. The molecule has 130 valence electrons. The van der Waals surface area contributed by atoms with Crippen LogP contribution in [0.1, 0.15) is 45.6 Å². The molecule has 0 aromatic heterocycles. The van der Waals surface area contributed by atoms with Crippen molar-refractivity contribution in [3.63, 3.8) is 0 Å². The van der Waals surface area contributed by atoms with E-state index in [-0.39, 0.29) is 16.8 Å². The van der Waals surface area contributed by atoms with Crippen molar-refractivity contribution in [3.8, 4) is 0 Å². The second kappa shape index (κ2) is 7.31. The van der Waals surface area contributed by atoms with Crippen molar-refractivity contribution in [3.05, 3.63) is 35.6 Å². The third-order valence-corrected chi connectivity index (χ3v) is 4.81. The second-order valence-electron chi connectivity index (χ2n) is 8.49. The summed E-state index contributed by atoms with van der Waals surface area (Å²) in [6.45, 7) is 8.70. The van der Waals surface area contributed by atoms with Crippen LogP contribution in [0.5, 0.6) is 0 Å². The molecule has 1 fully saturated rings. The summed E-state index contributed by atoms with van der Waals surface area (Å²) >= 11 is 0. The van der Waals surface area contributed by atoms with Crippen molar-refractivity contribution in [2.75, 3.05) is 27.2 Å². The van der Waals surface area contributed by atoms with Crippen LogP contribution in [0, 0.1) is 17.2 Å². The van der Waals surface area contributed by atoms with Gasteiger partial charge in [-0.1, -0.05) is 32.9 Å². The van der Waals surface area contributed by atoms with Crippen LogP contribution >= 0.6 is 0 Å². The molecule has 23 heavy (non-hydrogen) atoms. The number of rotatable bonds is 6. The summed E-state index contributed by atoms with van der Waals surface area (Å²) in [5.41, 5.74) is 1.33. The Morgan fingerprint density at radius 2 is 1.83 bits per heavy atom. The lowest BCUT2D eigenvalue weighted by atomic mass is 9.64. The first-order valence-corrected chi connectivity index (χ1v) is 8.73. The first-order valence-electron chi connectivity index (χ1n) is 8.73. The van der Waals surface area contributed by atoms with E-state index in [1.165, 1.54) is 12.0 Å². The average Bonchev–Trinajstić information content (AvgIpc) is 2.38. The van der Waals surface area contributed by atoms with Crippen LogP contribution in [0.2, 0.25) is 0 Å². The number of ether oxygens (including phenoxy) is 1. The SMILES string of the molecule is CC1CC(C)(C)CC(Cc2ccc(F)cc2)(OCCN(C)C)C1. The largest absolute Gasteiger partial charge is 0.373 e. The third kappa shape index (κ3) is 5.58. The number of nitrogens with zero attached hydrogens (tertiary/aromatic N) is 1. The van der Waals surface area contributed by atoms with E-state index in [9.17, 15) is 4.39 Å². The lowest BCUT2D eigenvalue weighted by Crippen LogP contribution is -2.46. The molecular weight excluding hydrogens is 289 g/mol. The van der Waals surface area contributed by atoms with Gasteiger partial charge in [0.15, 0.2) is 0 Å². The Morgan fingerprint density at radius 1 is 1.17 bits per heavy atom. The summed E-state index contributed by atoms with van der Waals surface area (Å²) in [6, 6.07) is 6.91. The van der Waals surface area contributed by atoms with Crippen LogP contribution in [0.25, 0.3) is 0 Å². The smallest absolute Gasteiger partial charge is 0.123 e. The molecule has 2 unspecified atom stereocenters. The van der Waals surface area contributed by atoms with Gasteiger partial charge in [-0.15, -0.1) is 0 Å². The summed E-state index contributed by atoms with van der Waals surface area (Å²) in [6.07, 6.45) is 4.26. The Morgan fingerprint density at radius 3 is 2.39 bits per heavy atom. The van der Waals surface area contributed by atoms with Gasteiger partial charge in [0.1, 0.15) is 5.82 Å². The Balaban J connectivity index is 2.17. The minimum Gasteiger partial charge on any atom is -0.373 e. The number of likely N-dealkylation sites (N-methyl/N-ethyl adjacent to an activating group) is 1. The highest BCUT2D eigenvalue weighted by molar-refractivity contribution is 5.19. The van der Waals surface area contributed by atoms with Crippen molar-refractivity contribution in [1.82, 2.24) is 4.90 Å². The minimum atomic E-state index is -0.173. The highest BCUT2D eigenvalue weighted by atomic mass is 19.1. The summed E-state index contributed by atoms with van der Waals surface area (Å²) in [4.78, 5) is 2.16. The number of hydrogen-bond acceptors (Lipinski definition) is 2. The van der Waals surface area contributed by atoms with Crippen LogP contribution in [-0.4, -0.2) is 37.7 Å². The molecule has 0 N–H and O–H groups in total. The zero-order chi connectivity index (χ0) is 17.1. The Kier molecular flexibility index (Phi) is 5.85. The van der Waals surface area contributed by atoms with E-state index in [2.05, 4.69) is 39.8 Å². The molecule has 0 amide bonds. The minimum absolute atomic E-state index is 0.130. The number of hydrogen-bond donors (Lipinski definition) is 0. The molecule has 3 heteroatoms. The van der Waals surface area contributed by atoms with Gasteiger partial charge in [0, 0.05) is 13.0 Å². The van der Waals surface area contributed by atoms with Gasteiger partial charge in [0.25, 0.3) is 0 Å². The van der Waals surface area contributed by atoms with E-state index < -0.39 is 0 Å². The quantitative estimate of drug-likeness (QED) is 0.763. The summed E-state index contributed by atoms with van der Waals surface area (Å²) < 4.78 is 19.7. The molecule has 1 aromatic rings. The Labute approximate surface area is 141 Å². The molecule has 0 heterocycles. The van der Waals surface area contributed by atoms with E-state index >= 15 is 0 Å². The van der Waals surface area contributed by atoms with Crippen molar-refractivity contribution in [2.45, 2.75) is 52.1 Å². The van der Waals surface area contributed by atoms with Gasteiger partial charge in [0.2, 0.25) is 0 Å². The van der Waals surface area contributed by atoms with Crippen LogP contribution in [-0.2, 0) is 11.2 Å². The number of halogens is 1. The maximum absolute atomic E-state index is 13.2. The molecule has 1 aromatic carbocycles. The van der Waals surface area contributed by atoms with Gasteiger partial charge < -0.3 is 9.64 Å². The van der Waals surface area contributed by atoms with Crippen molar-refractivity contribution in [1.29, 1.82) is 0 Å². The van der Waals surface area contributed by atoms with Gasteiger partial charge >= 0.3 is 0 Å². The predicted octanol–water partition coefficient (Wildman–Crippen LogP) is 4.53. The van der Waals surface area contributed by atoms with Crippen molar-refractivity contribution >= 4 is 0 Å². The normalized spacial score (nSPS) is 27.3. The second-order valence-corrected chi connectivity index (χ2v) is 8.49. The van der Waals surface area contributed by atoms with Crippen LogP contribution < -0.4 is 0 Å². The molecule has 0 saturated heterocycles. The molecule has 0 bridgehead atoms.